The van der Waals surface area contributed by atoms with Gasteiger partial charge in [-0.1, -0.05) is 18.9 Å². The number of carbonyl (C=O) groups excluding carboxylic acids is 2. The summed E-state index contributed by atoms with van der Waals surface area (Å²) in [5.41, 5.74) is -1.10. The smallest absolute Gasteiger partial charge is 0.354 e. The van der Waals surface area contributed by atoms with E-state index in [0.717, 1.165) is 43.9 Å². The van der Waals surface area contributed by atoms with E-state index in [2.05, 4.69) is 10.6 Å². The van der Waals surface area contributed by atoms with Gasteiger partial charge in [-0.05, 0) is 31.0 Å². The molecule has 0 unspecified atom stereocenters. The van der Waals surface area contributed by atoms with E-state index in [1.807, 2.05) is 4.72 Å². The van der Waals surface area contributed by atoms with Crippen LogP contribution in [0.25, 0.3) is 0 Å². The van der Waals surface area contributed by atoms with E-state index in [1.54, 1.807) is 0 Å². The Kier molecular flexibility index (Phi) is 7.41. The number of rotatable bonds is 8. The Morgan fingerprint density at radius 3 is 2.43 bits per heavy atom. The van der Waals surface area contributed by atoms with Gasteiger partial charge in [0, 0.05) is 19.0 Å². The highest BCUT2D eigenvalue weighted by atomic mass is 32.2. The van der Waals surface area contributed by atoms with Gasteiger partial charge >= 0.3 is 6.18 Å². The molecule has 0 aromatic heterocycles. The van der Waals surface area contributed by atoms with Crippen LogP contribution in [0.2, 0.25) is 0 Å². The van der Waals surface area contributed by atoms with Crippen molar-refractivity contribution < 1.29 is 31.2 Å². The van der Waals surface area contributed by atoms with Gasteiger partial charge < -0.3 is 10.6 Å². The van der Waals surface area contributed by atoms with Crippen LogP contribution in [0, 0.1) is 0 Å². The molecule has 1 aromatic rings. The second kappa shape index (κ2) is 9.37. The molecule has 0 bridgehead atoms. The molecule has 2 rings (SSSR count). The summed E-state index contributed by atoms with van der Waals surface area (Å²) in [5.74, 6) is -0.888. The van der Waals surface area contributed by atoms with E-state index >= 15 is 0 Å². The molecule has 0 atom stereocenters. The fraction of sp³-hybridized carbons (Fsp3) is 0.529. The Morgan fingerprint density at radius 2 is 1.79 bits per heavy atom. The Labute approximate surface area is 161 Å². The molecule has 1 saturated carbocycles. The Bertz CT molecular complexity index is 806. The van der Waals surface area contributed by atoms with Gasteiger partial charge in [0.05, 0.1) is 17.0 Å². The van der Waals surface area contributed by atoms with Crippen LogP contribution in [-0.2, 0) is 25.8 Å². The van der Waals surface area contributed by atoms with Gasteiger partial charge in [0.25, 0.3) is 0 Å². The summed E-state index contributed by atoms with van der Waals surface area (Å²) in [5, 5.41) is 5.25. The van der Waals surface area contributed by atoms with Crippen molar-refractivity contribution in [1.82, 2.24) is 15.4 Å². The summed E-state index contributed by atoms with van der Waals surface area (Å²) in [7, 11) is -4.29. The standard InChI is InChI=1S/C17H22F3N3O4S/c18-17(19,20)12-4-3-7-14(10-12)28(26,27)22-11-16(25)21-9-8-15(24)23-13-5-1-2-6-13/h3-4,7,10,13,22H,1-2,5-6,8-9,11H2,(H,21,25)(H,23,24). The van der Waals surface area contributed by atoms with E-state index in [9.17, 15) is 31.2 Å². The zero-order valence-electron chi connectivity index (χ0n) is 15.0. The lowest BCUT2D eigenvalue weighted by molar-refractivity contribution is -0.137. The number of sulfonamides is 1. The third kappa shape index (κ3) is 6.79. The molecule has 0 heterocycles. The molecule has 2 amide bonds. The summed E-state index contributed by atoms with van der Waals surface area (Å²) in [6.45, 7) is -0.620. The maximum absolute atomic E-state index is 12.7. The van der Waals surface area contributed by atoms with Gasteiger partial charge in [0.15, 0.2) is 0 Å². The van der Waals surface area contributed by atoms with Crippen LogP contribution >= 0.6 is 0 Å². The molecular weight excluding hydrogens is 399 g/mol. The first kappa shape index (κ1) is 22.2. The minimum atomic E-state index is -4.68. The van der Waals surface area contributed by atoms with Crippen LogP contribution < -0.4 is 15.4 Å². The number of hydrogen-bond acceptors (Lipinski definition) is 4. The number of carbonyl (C=O) groups is 2. The van der Waals surface area contributed by atoms with Crippen LogP contribution in [0.4, 0.5) is 13.2 Å². The summed E-state index contributed by atoms with van der Waals surface area (Å²) in [6, 6.07) is 3.39. The van der Waals surface area contributed by atoms with Crippen LogP contribution in [0.15, 0.2) is 29.2 Å². The molecule has 1 aliphatic carbocycles. The third-order valence-electron chi connectivity index (χ3n) is 4.29. The number of halogens is 3. The number of nitrogens with one attached hydrogen (secondary N) is 3. The highest BCUT2D eigenvalue weighted by Gasteiger charge is 2.31. The van der Waals surface area contributed by atoms with Crippen molar-refractivity contribution in [3.05, 3.63) is 29.8 Å². The van der Waals surface area contributed by atoms with Gasteiger partial charge in [-0.3, -0.25) is 9.59 Å². The summed E-state index contributed by atoms with van der Waals surface area (Å²) < 4.78 is 64.2. The third-order valence-corrected chi connectivity index (χ3v) is 5.69. The second-order valence-corrected chi connectivity index (χ2v) is 8.27. The van der Waals surface area contributed by atoms with Gasteiger partial charge in [-0.2, -0.15) is 13.2 Å². The van der Waals surface area contributed by atoms with Gasteiger partial charge in [0.1, 0.15) is 0 Å². The summed E-state index contributed by atoms with van der Waals surface area (Å²) in [6.07, 6.45) is -0.586. The van der Waals surface area contributed by atoms with Crippen LogP contribution in [0.5, 0.6) is 0 Å². The zero-order valence-corrected chi connectivity index (χ0v) is 15.8. The van der Waals surface area contributed by atoms with E-state index in [4.69, 9.17) is 0 Å². The lowest BCUT2D eigenvalue weighted by Gasteiger charge is -2.12. The molecule has 28 heavy (non-hydrogen) atoms. The van der Waals surface area contributed by atoms with Gasteiger partial charge in [0.2, 0.25) is 21.8 Å². The van der Waals surface area contributed by atoms with E-state index in [0.29, 0.717) is 6.07 Å². The molecule has 3 N–H and O–H groups in total. The van der Waals surface area contributed by atoms with Gasteiger partial charge in [-0.15, -0.1) is 0 Å². The monoisotopic (exact) mass is 421 g/mol. The molecule has 7 nitrogen and oxygen atoms in total. The second-order valence-electron chi connectivity index (χ2n) is 6.50. The Hall–Kier alpha value is -2.14. The quantitative estimate of drug-likeness (QED) is 0.592. The maximum Gasteiger partial charge on any atom is 0.416 e. The molecule has 0 radical (unpaired) electrons. The highest BCUT2D eigenvalue weighted by molar-refractivity contribution is 7.89. The van der Waals surface area contributed by atoms with Crippen molar-refractivity contribution in [1.29, 1.82) is 0 Å². The minimum Gasteiger partial charge on any atom is -0.354 e. The predicted molar refractivity (Wildman–Crippen MR) is 94.7 cm³/mol. The first-order valence-corrected chi connectivity index (χ1v) is 10.3. The predicted octanol–water partition coefficient (Wildman–Crippen LogP) is 1.55. The molecule has 1 fully saturated rings. The lowest BCUT2D eigenvalue weighted by atomic mass is 10.2. The summed E-state index contributed by atoms with van der Waals surface area (Å²) in [4.78, 5) is 22.9. The average Bonchev–Trinajstić information content (AvgIpc) is 3.12. The molecular formula is C17H22F3N3O4S. The number of alkyl halides is 3. The van der Waals surface area contributed by atoms with Crippen molar-refractivity contribution in [2.45, 2.75) is 49.2 Å². The molecule has 0 aliphatic heterocycles. The molecule has 1 aliphatic rings. The largest absolute Gasteiger partial charge is 0.416 e. The van der Waals surface area contributed by atoms with Crippen molar-refractivity contribution in [2.75, 3.05) is 13.1 Å². The van der Waals surface area contributed by atoms with Crippen molar-refractivity contribution in [3.8, 4) is 0 Å². The van der Waals surface area contributed by atoms with Gasteiger partial charge in [-0.25, -0.2) is 13.1 Å². The normalized spacial score (nSPS) is 15.4. The SMILES string of the molecule is O=C(CNS(=O)(=O)c1cccc(C(F)(F)F)c1)NCCC(=O)NC1CCCC1. The molecule has 11 heteroatoms. The minimum absolute atomic E-state index is 0.0304. The Balaban J connectivity index is 1.77. The van der Waals surface area contributed by atoms with Crippen molar-refractivity contribution in [3.63, 3.8) is 0 Å². The molecule has 156 valence electrons. The molecule has 0 spiro atoms. The number of benzene rings is 1. The van der Waals surface area contributed by atoms with Crippen LogP contribution in [-0.4, -0.2) is 39.4 Å². The first-order chi connectivity index (χ1) is 13.1. The van der Waals surface area contributed by atoms with E-state index in [1.165, 1.54) is 0 Å². The Morgan fingerprint density at radius 1 is 1.11 bits per heavy atom. The van der Waals surface area contributed by atoms with E-state index < -0.39 is 39.1 Å². The molecule has 0 saturated heterocycles. The topological polar surface area (TPSA) is 104 Å². The lowest BCUT2D eigenvalue weighted by Crippen LogP contribution is -2.39. The number of hydrogen-bond donors (Lipinski definition) is 3. The zero-order chi connectivity index (χ0) is 20.8. The summed E-state index contributed by atoms with van der Waals surface area (Å²) >= 11 is 0. The number of amides is 2. The van der Waals surface area contributed by atoms with Crippen LogP contribution in [0.3, 0.4) is 0 Å². The first-order valence-electron chi connectivity index (χ1n) is 8.81. The van der Waals surface area contributed by atoms with E-state index in [-0.39, 0.29) is 24.9 Å². The van der Waals surface area contributed by atoms with Crippen molar-refractivity contribution in [2.24, 2.45) is 0 Å². The molecule has 1 aromatic carbocycles. The highest BCUT2D eigenvalue weighted by Crippen LogP contribution is 2.30. The maximum atomic E-state index is 12.7. The van der Waals surface area contributed by atoms with Crippen molar-refractivity contribution >= 4 is 21.8 Å². The fourth-order valence-corrected chi connectivity index (χ4v) is 3.86. The average molecular weight is 421 g/mol. The van der Waals surface area contributed by atoms with Crippen LogP contribution in [0.1, 0.15) is 37.7 Å². The fourth-order valence-electron chi connectivity index (χ4n) is 2.83.